The first-order valence-electron chi connectivity index (χ1n) is 6.91. The van der Waals surface area contributed by atoms with Crippen molar-refractivity contribution in [1.82, 2.24) is 4.90 Å². The van der Waals surface area contributed by atoms with Crippen molar-refractivity contribution in [1.29, 1.82) is 0 Å². The van der Waals surface area contributed by atoms with E-state index in [9.17, 15) is 9.59 Å². The zero-order chi connectivity index (χ0) is 14.6. The fourth-order valence-corrected chi connectivity index (χ4v) is 2.27. The number of carbonyl (C=O) groups is 2. The molecule has 1 heterocycles. The van der Waals surface area contributed by atoms with Gasteiger partial charge in [0.2, 0.25) is 0 Å². The maximum Gasteiger partial charge on any atom is 0.323 e. The third-order valence-corrected chi connectivity index (χ3v) is 3.10. The van der Waals surface area contributed by atoms with E-state index in [4.69, 9.17) is 9.47 Å². The van der Waals surface area contributed by atoms with Crippen LogP contribution in [0.5, 0.6) is 0 Å². The maximum absolute atomic E-state index is 12.1. The van der Waals surface area contributed by atoms with Gasteiger partial charge in [-0.1, -0.05) is 0 Å². The van der Waals surface area contributed by atoms with E-state index in [0.29, 0.717) is 6.61 Å². The second-order valence-electron chi connectivity index (χ2n) is 5.86. The van der Waals surface area contributed by atoms with Gasteiger partial charge < -0.3 is 9.47 Å². The van der Waals surface area contributed by atoms with Crippen molar-refractivity contribution < 1.29 is 19.1 Å². The highest BCUT2D eigenvalue weighted by Gasteiger charge is 2.39. The standard InChI is InChI=1S/C14H25NO4/c1-6-18-12(16)10(2)15-9-7-8-11(15)13(17)19-14(3,4)5/h10-11H,6-9H2,1-5H3/t10?,11-/m0/s1. The molecule has 0 bridgehead atoms. The number of esters is 2. The Bertz CT molecular complexity index is 335. The first kappa shape index (κ1) is 16.0. The number of nitrogens with zero attached hydrogens (tertiary/aromatic N) is 1. The molecule has 110 valence electrons. The molecule has 0 saturated carbocycles. The van der Waals surface area contributed by atoms with Gasteiger partial charge in [0.1, 0.15) is 17.7 Å². The van der Waals surface area contributed by atoms with Crippen LogP contribution in [0.2, 0.25) is 0 Å². The van der Waals surface area contributed by atoms with Gasteiger partial charge in [0.25, 0.3) is 0 Å². The summed E-state index contributed by atoms with van der Waals surface area (Å²) in [4.78, 5) is 25.8. The van der Waals surface area contributed by atoms with E-state index in [1.807, 2.05) is 25.7 Å². The first-order chi connectivity index (χ1) is 8.76. The average molecular weight is 271 g/mol. The number of rotatable bonds is 4. The highest BCUT2D eigenvalue weighted by molar-refractivity contribution is 5.80. The number of hydrogen-bond acceptors (Lipinski definition) is 5. The fourth-order valence-electron chi connectivity index (χ4n) is 2.27. The Morgan fingerprint density at radius 3 is 2.53 bits per heavy atom. The molecule has 1 aliphatic heterocycles. The molecule has 2 atom stereocenters. The monoisotopic (exact) mass is 271 g/mol. The molecule has 1 aliphatic rings. The largest absolute Gasteiger partial charge is 0.465 e. The summed E-state index contributed by atoms with van der Waals surface area (Å²) in [6.07, 6.45) is 1.63. The van der Waals surface area contributed by atoms with Crippen LogP contribution < -0.4 is 0 Å². The molecule has 1 fully saturated rings. The molecule has 0 amide bonds. The Kier molecular flexibility index (Phi) is 5.35. The Balaban J connectivity index is 2.68. The average Bonchev–Trinajstić information content (AvgIpc) is 2.74. The van der Waals surface area contributed by atoms with Crippen LogP contribution in [0.4, 0.5) is 0 Å². The highest BCUT2D eigenvalue weighted by Crippen LogP contribution is 2.23. The van der Waals surface area contributed by atoms with Crippen molar-refractivity contribution in [3.8, 4) is 0 Å². The van der Waals surface area contributed by atoms with Gasteiger partial charge in [0.15, 0.2) is 0 Å². The maximum atomic E-state index is 12.1. The number of likely N-dealkylation sites (tertiary alicyclic amines) is 1. The zero-order valence-electron chi connectivity index (χ0n) is 12.6. The molecule has 5 heteroatoms. The van der Waals surface area contributed by atoms with Crippen LogP contribution in [-0.2, 0) is 19.1 Å². The Hall–Kier alpha value is -1.10. The van der Waals surface area contributed by atoms with E-state index in [2.05, 4.69) is 0 Å². The molecule has 0 radical (unpaired) electrons. The minimum atomic E-state index is -0.501. The van der Waals surface area contributed by atoms with Crippen molar-refractivity contribution in [2.45, 2.75) is 65.1 Å². The number of carbonyl (C=O) groups excluding carboxylic acids is 2. The second kappa shape index (κ2) is 6.37. The van der Waals surface area contributed by atoms with Crippen LogP contribution in [0.25, 0.3) is 0 Å². The Morgan fingerprint density at radius 2 is 2.00 bits per heavy atom. The summed E-state index contributed by atoms with van der Waals surface area (Å²) in [5.41, 5.74) is -0.501. The fraction of sp³-hybridized carbons (Fsp3) is 0.857. The van der Waals surface area contributed by atoms with Gasteiger partial charge in [0, 0.05) is 0 Å². The first-order valence-corrected chi connectivity index (χ1v) is 6.91. The van der Waals surface area contributed by atoms with Gasteiger partial charge in [-0.2, -0.15) is 0 Å². The summed E-state index contributed by atoms with van der Waals surface area (Å²) in [6, 6.07) is -0.737. The molecule has 0 aliphatic carbocycles. The summed E-state index contributed by atoms with van der Waals surface area (Å²) in [6.45, 7) is 10.2. The van der Waals surface area contributed by atoms with Gasteiger partial charge in [0.05, 0.1) is 6.61 Å². The SMILES string of the molecule is CCOC(=O)C(C)N1CCC[C@H]1C(=O)OC(C)(C)C. The van der Waals surface area contributed by atoms with Crippen LogP contribution in [0.3, 0.4) is 0 Å². The van der Waals surface area contributed by atoms with E-state index in [0.717, 1.165) is 19.4 Å². The van der Waals surface area contributed by atoms with Crippen molar-refractivity contribution in [2.75, 3.05) is 13.2 Å². The van der Waals surface area contributed by atoms with E-state index in [1.165, 1.54) is 0 Å². The minimum absolute atomic E-state index is 0.249. The van der Waals surface area contributed by atoms with Crippen LogP contribution in [-0.4, -0.2) is 47.7 Å². The lowest BCUT2D eigenvalue weighted by Crippen LogP contribution is -2.48. The third kappa shape index (κ3) is 4.49. The summed E-state index contributed by atoms with van der Waals surface area (Å²) in [5.74, 6) is -0.529. The quantitative estimate of drug-likeness (QED) is 0.729. The van der Waals surface area contributed by atoms with Crippen molar-refractivity contribution in [3.05, 3.63) is 0 Å². The minimum Gasteiger partial charge on any atom is -0.465 e. The highest BCUT2D eigenvalue weighted by atomic mass is 16.6. The Labute approximate surface area is 115 Å². The summed E-state index contributed by atoms with van der Waals surface area (Å²) in [5, 5.41) is 0. The molecule has 1 saturated heterocycles. The van der Waals surface area contributed by atoms with Crippen molar-refractivity contribution in [3.63, 3.8) is 0 Å². The lowest BCUT2D eigenvalue weighted by atomic mass is 10.1. The van der Waals surface area contributed by atoms with E-state index in [-0.39, 0.29) is 18.0 Å². The molecule has 0 aromatic heterocycles. The molecular formula is C14H25NO4. The van der Waals surface area contributed by atoms with Gasteiger partial charge in [-0.25, -0.2) is 0 Å². The van der Waals surface area contributed by atoms with Gasteiger partial charge in [-0.3, -0.25) is 14.5 Å². The smallest absolute Gasteiger partial charge is 0.323 e. The lowest BCUT2D eigenvalue weighted by molar-refractivity contribution is -0.163. The normalized spacial score (nSPS) is 22.1. The van der Waals surface area contributed by atoms with Crippen LogP contribution in [0.15, 0.2) is 0 Å². The predicted molar refractivity (Wildman–Crippen MR) is 71.7 cm³/mol. The van der Waals surface area contributed by atoms with E-state index < -0.39 is 11.6 Å². The van der Waals surface area contributed by atoms with Crippen molar-refractivity contribution >= 4 is 11.9 Å². The number of ether oxygens (including phenoxy) is 2. The summed E-state index contributed by atoms with van der Waals surface area (Å²) >= 11 is 0. The van der Waals surface area contributed by atoms with E-state index in [1.54, 1.807) is 13.8 Å². The number of hydrogen-bond donors (Lipinski definition) is 0. The van der Waals surface area contributed by atoms with Crippen LogP contribution in [0.1, 0.15) is 47.5 Å². The molecule has 5 nitrogen and oxygen atoms in total. The molecule has 19 heavy (non-hydrogen) atoms. The summed E-state index contributed by atoms with van der Waals surface area (Å²) < 4.78 is 10.4. The zero-order valence-corrected chi connectivity index (χ0v) is 12.6. The molecule has 1 rings (SSSR count). The molecule has 0 N–H and O–H groups in total. The van der Waals surface area contributed by atoms with Gasteiger partial charge >= 0.3 is 11.9 Å². The Morgan fingerprint density at radius 1 is 1.37 bits per heavy atom. The van der Waals surface area contributed by atoms with Crippen LogP contribution in [0, 0.1) is 0 Å². The van der Waals surface area contributed by atoms with Gasteiger partial charge in [-0.05, 0) is 54.0 Å². The molecule has 0 aromatic rings. The van der Waals surface area contributed by atoms with Crippen molar-refractivity contribution in [2.24, 2.45) is 0 Å². The molecule has 1 unspecified atom stereocenters. The summed E-state index contributed by atoms with van der Waals surface area (Å²) in [7, 11) is 0. The van der Waals surface area contributed by atoms with E-state index >= 15 is 0 Å². The molecular weight excluding hydrogens is 246 g/mol. The second-order valence-corrected chi connectivity index (χ2v) is 5.86. The lowest BCUT2D eigenvalue weighted by Gasteiger charge is -2.30. The van der Waals surface area contributed by atoms with Crippen LogP contribution >= 0.6 is 0 Å². The molecule has 0 aromatic carbocycles. The van der Waals surface area contributed by atoms with Gasteiger partial charge in [-0.15, -0.1) is 0 Å². The predicted octanol–water partition coefficient (Wildman–Crippen LogP) is 1.74. The molecule has 0 spiro atoms. The topological polar surface area (TPSA) is 55.8 Å². The third-order valence-electron chi connectivity index (χ3n) is 3.10.